The molecule has 0 aliphatic rings. The molecule has 1 heterocycles. The second-order valence-electron chi connectivity index (χ2n) is 6.29. The fourth-order valence-corrected chi connectivity index (χ4v) is 4.15. The summed E-state index contributed by atoms with van der Waals surface area (Å²) < 4.78 is 28.4. The lowest BCUT2D eigenvalue weighted by Gasteiger charge is -2.09. The van der Waals surface area contributed by atoms with E-state index < -0.39 is 10.0 Å². The maximum atomic E-state index is 12.6. The molecule has 0 unspecified atom stereocenters. The number of hydrogen-bond donors (Lipinski definition) is 2. The summed E-state index contributed by atoms with van der Waals surface area (Å²) in [6, 6.07) is 17.0. The molecule has 0 aliphatic heterocycles. The summed E-state index contributed by atoms with van der Waals surface area (Å²) in [5, 5.41) is 8.83. The Morgan fingerprint density at radius 1 is 0.964 bits per heavy atom. The summed E-state index contributed by atoms with van der Waals surface area (Å²) in [7, 11) is -3.69. The number of halogens is 1. The van der Waals surface area contributed by atoms with Crippen LogP contribution in [-0.4, -0.2) is 23.4 Å². The van der Waals surface area contributed by atoms with Gasteiger partial charge in [-0.1, -0.05) is 17.7 Å². The minimum atomic E-state index is -3.69. The summed E-state index contributed by atoms with van der Waals surface area (Å²) in [5.41, 5.74) is 9.97. The zero-order valence-corrected chi connectivity index (χ0v) is 17.2. The van der Waals surface area contributed by atoms with Crippen molar-refractivity contribution in [2.45, 2.75) is 11.8 Å². The number of rotatable bonds is 4. The number of aromatic nitrogens is 3. The Morgan fingerprint density at radius 2 is 1.64 bits per heavy atom. The standard InChI is InChI=1S/C19H16BrN5O2S/c1-12-2-4-13(5-3-12)24-28(26,27)15-8-6-14(7-9-15)25-22-17-11-10-16(21)18(20)19(17)23-25/h2-11,24H,21H2,1H3. The Labute approximate surface area is 170 Å². The van der Waals surface area contributed by atoms with Crippen LogP contribution in [0.5, 0.6) is 0 Å². The van der Waals surface area contributed by atoms with E-state index in [0.717, 1.165) is 5.56 Å². The summed E-state index contributed by atoms with van der Waals surface area (Å²) in [6.07, 6.45) is 0. The predicted molar refractivity (Wildman–Crippen MR) is 113 cm³/mol. The molecular weight excluding hydrogens is 442 g/mol. The van der Waals surface area contributed by atoms with Crippen molar-refractivity contribution in [3.63, 3.8) is 0 Å². The third-order valence-electron chi connectivity index (χ3n) is 4.20. The average Bonchev–Trinajstić information content (AvgIpc) is 3.12. The van der Waals surface area contributed by atoms with Crippen LogP contribution in [0.2, 0.25) is 0 Å². The molecule has 0 saturated heterocycles. The van der Waals surface area contributed by atoms with E-state index in [1.807, 2.05) is 19.1 Å². The second kappa shape index (κ2) is 6.92. The molecule has 3 N–H and O–H groups in total. The molecule has 0 atom stereocenters. The fraction of sp³-hybridized carbons (Fsp3) is 0.0526. The third kappa shape index (κ3) is 3.46. The zero-order valence-electron chi connectivity index (χ0n) is 14.8. The quantitative estimate of drug-likeness (QED) is 0.452. The summed E-state index contributed by atoms with van der Waals surface area (Å²) in [6.45, 7) is 1.94. The molecule has 9 heteroatoms. The van der Waals surface area contributed by atoms with Gasteiger partial charge in [0.2, 0.25) is 0 Å². The highest BCUT2D eigenvalue weighted by Crippen LogP contribution is 2.27. The van der Waals surface area contributed by atoms with Gasteiger partial charge in [-0.15, -0.1) is 10.2 Å². The number of nitrogens with zero attached hydrogens (tertiary/aromatic N) is 3. The molecule has 4 aromatic rings. The molecule has 0 fully saturated rings. The van der Waals surface area contributed by atoms with Crippen LogP contribution >= 0.6 is 15.9 Å². The maximum absolute atomic E-state index is 12.6. The van der Waals surface area contributed by atoms with Crippen LogP contribution in [0.4, 0.5) is 11.4 Å². The van der Waals surface area contributed by atoms with E-state index in [4.69, 9.17) is 5.73 Å². The Bertz CT molecular complexity index is 1270. The number of anilines is 2. The van der Waals surface area contributed by atoms with Crippen molar-refractivity contribution in [1.29, 1.82) is 0 Å². The first kappa shape index (κ1) is 18.5. The maximum Gasteiger partial charge on any atom is 0.261 e. The molecule has 7 nitrogen and oxygen atoms in total. The zero-order chi connectivity index (χ0) is 19.9. The Morgan fingerprint density at radius 3 is 2.32 bits per heavy atom. The van der Waals surface area contributed by atoms with Gasteiger partial charge >= 0.3 is 0 Å². The summed E-state index contributed by atoms with van der Waals surface area (Å²) >= 11 is 3.41. The van der Waals surface area contributed by atoms with Gasteiger partial charge in [-0.05, 0) is 71.4 Å². The molecule has 142 valence electrons. The number of sulfonamides is 1. The third-order valence-corrected chi connectivity index (χ3v) is 6.43. The molecule has 0 aliphatic carbocycles. The highest BCUT2D eigenvalue weighted by Gasteiger charge is 2.15. The minimum absolute atomic E-state index is 0.152. The van der Waals surface area contributed by atoms with Gasteiger partial charge in [0.15, 0.2) is 0 Å². The van der Waals surface area contributed by atoms with Crippen molar-refractivity contribution in [2.75, 3.05) is 10.5 Å². The van der Waals surface area contributed by atoms with Gasteiger partial charge in [-0.2, -0.15) is 4.80 Å². The van der Waals surface area contributed by atoms with E-state index in [9.17, 15) is 8.42 Å². The lowest BCUT2D eigenvalue weighted by atomic mass is 10.2. The van der Waals surface area contributed by atoms with Gasteiger partial charge in [0, 0.05) is 11.4 Å². The van der Waals surface area contributed by atoms with Crippen LogP contribution < -0.4 is 10.5 Å². The van der Waals surface area contributed by atoms with Gasteiger partial charge in [0.1, 0.15) is 11.0 Å². The number of fused-ring (bicyclic) bond motifs is 1. The molecule has 0 saturated carbocycles. The van der Waals surface area contributed by atoms with Crippen LogP contribution in [0, 0.1) is 6.92 Å². The smallest absolute Gasteiger partial charge is 0.261 e. The Kier molecular flexibility index (Phi) is 4.56. The number of nitrogen functional groups attached to an aromatic ring is 1. The van der Waals surface area contributed by atoms with Crippen LogP contribution in [0.25, 0.3) is 16.7 Å². The number of nitrogens with one attached hydrogen (secondary N) is 1. The predicted octanol–water partition coefficient (Wildman–Crippen LogP) is 3.87. The number of nitrogens with two attached hydrogens (primary N) is 1. The van der Waals surface area contributed by atoms with Gasteiger partial charge < -0.3 is 5.73 Å². The molecule has 0 bridgehead atoms. The fourth-order valence-electron chi connectivity index (χ4n) is 2.67. The molecule has 4 rings (SSSR count). The van der Waals surface area contributed by atoms with Gasteiger partial charge in [0.05, 0.1) is 15.1 Å². The van der Waals surface area contributed by atoms with Gasteiger partial charge in [0.25, 0.3) is 10.0 Å². The Hall–Kier alpha value is -2.91. The number of aryl methyl sites for hydroxylation is 1. The van der Waals surface area contributed by atoms with Crippen LogP contribution in [0.3, 0.4) is 0 Å². The van der Waals surface area contributed by atoms with Crippen molar-refractivity contribution in [1.82, 2.24) is 15.0 Å². The van der Waals surface area contributed by atoms with E-state index in [0.29, 0.717) is 32.6 Å². The average molecular weight is 458 g/mol. The van der Waals surface area contributed by atoms with E-state index >= 15 is 0 Å². The van der Waals surface area contributed by atoms with E-state index in [-0.39, 0.29) is 4.90 Å². The van der Waals surface area contributed by atoms with E-state index in [1.54, 1.807) is 36.4 Å². The first-order valence-corrected chi connectivity index (χ1v) is 10.6. The normalized spacial score (nSPS) is 11.6. The van der Waals surface area contributed by atoms with Gasteiger partial charge in [-0.25, -0.2) is 8.42 Å². The van der Waals surface area contributed by atoms with Crippen molar-refractivity contribution in [3.05, 3.63) is 70.7 Å². The summed E-state index contributed by atoms with van der Waals surface area (Å²) in [4.78, 5) is 1.59. The molecule has 0 amide bonds. The second-order valence-corrected chi connectivity index (χ2v) is 8.77. The minimum Gasteiger partial charge on any atom is -0.398 e. The van der Waals surface area contributed by atoms with Crippen molar-refractivity contribution >= 4 is 48.4 Å². The molecule has 0 spiro atoms. The highest BCUT2D eigenvalue weighted by atomic mass is 79.9. The lowest BCUT2D eigenvalue weighted by Crippen LogP contribution is -2.13. The lowest BCUT2D eigenvalue weighted by molar-refractivity contribution is 0.601. The van der Waals surface area contributed by atoms with Crippen molar-refractivity contribution in [2.24, 2.45) is 0 Å². The molecular formula is C19H16BrN5O2S. The topological polar surface area (TPSA) is 103 Å². The molecule has 0 radical (unpaired) electrons. The van der Waals surface area contributed by atoms with Crippen molar-refractivity contribution < 1.29 is 8.42 Å². The molecule has 28 heavy (non-hydrogen) atoms. The highest BCUT2D eigenvalue weighted by molar-refractivity contribution is 9.10. The Balaban J connectivity index is 1.63. The van der Waals surface area contributed by atoms with Gasteiger partial charge in [-0.3, -0.25) is 4.72 Å². The van der Waals surface area contributed by atoms with Crippen molar-refractivity contribution in [3.8, 4) is 5.69 Å². The SMILES string of the molecule is Cc1ccc(NS(=O)(=O)c2ccc(-n3nc4ccc(N)c(Br)c4n3)cc2)cc1. The van der Waals surface area contributed by atoms with Crippen LogP contribution in [-0.2, 0) is 10.0 Å². The van der Waals surface area contributed by atoms with E-state index in [2.05, 4.69) is 30.8 Å². The first-order chi connectivity index (χ1) is 13.3. The van der Waals surface area contributed by atoms with E-state index in [1.165, 1.54) is 16.9 Å². The van der Waals surface area contributed by atoms with Crippen LogP contribution in [0.1, 0.15) is 5.56 Å². The molecule has 1 aromatic heterocycles. The first-order valence-electron chi connectivity index (χ1n) is 8.34. The molecule has 3 aromatic carbocycles. The monoisotopic (exact) mass is 457 g/mol. The largest absolute Gasteiger partial charge is 0.398 e. The number of hydrogen-bond acceptors (Lipinski definition) is 5. The van der Waals surface area contributed by atoms with Crippen LogP contribution in [0.15, 0.2) is 70.0 Å². The summed E-state index contributed by atoms with van der Waals surface area (Å²) in [5.74, 6) is 0. The number of benzene rings is 3.